The lowest BCUT2D eigenvalue weighted by atomic mass is 10.2. The molecule has 2 aromatic carbocycles. The van der Waals surface area contributed by atoms with Crippen LogP contribution in [-0.2, 0) is 9.59 Å². The van der Waals surface area contributed by atoms with Gasteiger partial charge >= 0.3 is 0 Å². The molecule has 1 fully saturated rings. The molecule has 1 atom stereocenters. The molecule has 1 aliphatic rings. The molecule has 2 amide bonds. The molecular weight excluding hydrogens is 477 g/mol. The topological polar surface area (TPSA) is 71.0 Å². The van der Waals surface area contributed by atoms with Gasteiger partial charge in [0, 0.05) is 28.8 Å². The Morgan fingerprint density at radius 2 is 2.04 bits per heavy atom. The van der Waals surface area contributed by atoms with Gasteiger partial charge in [0.1, 0.15) is 11.0 Å². The van der Waals surface area contributed by atoms with Gasteiger partial charge in [0.15, 0.2) is 5.17 Å². The SMILES string of the molecule is COc1cccc(N=C2S[C@H](CC(=O)Nc3ccc(I)cc3)C(=O)N2C)c1. The number of nitrogens with one attached hydrogen (secondary N) is 1. The van der Waals surface area contributed by atoms with E-state index in [0.717, 1.165) is 9.26 Å². The molecule has 140 valence electrons. The third-order valence-corrected chi connectivity index (χ3v) is 5.87. The molecule has 1 N–H and O–H groups in total. The maximum Gasteiger partial charge on any atom is 0.242 e. The van der Waals surface area contributed by atoms with E-state index in [9.17, 15) is 9.59 Å². The van der Waals surface area contributed by atoms with Crippen LogP contribution in [0.15, 0.2) is 53.5 Å². The number of carbonyl (C=O) groups is 2. The van der Waals surface area contributed by atoms with Gasteiger partial charge in [0.05, 0.1) is 12.8 Å². The number of aliphatic imine (C=N–C) groups is 1. The zero-order chi connectivity index (χ0) is 19.4. The van der Waals surface area contributed by atoms with Crippen LogP contribution in [0.3, 0.4) is 0 Å². The van der Waals surface area contributed by atoms with Crippen molar-refractivity contribution in [2.45, 2.75) is 11.7 Å². The lowest BCUT2D eigenvalue weighted by molar-refractivity contribution is -0.127. The van der Waals surface area contributed by atoms with Gasteiger partial charge in [0.2, 0.25) is 11.8 Å². The lowest BCUT2D eigenvalue weighted by Gasteiger charge is -2.09. The van der Waals surface area contributed by atoms with Crippen molar-refractivity contribution < 1.29 is 14.3 Å². The van der Waals surface area contributed by atoms with Crippen molar-refractivity contribution in [2.75, 3.05) is 19.5 Å². The predicted octanol–water partition coefficient (Wildman–Crippen LogP) is 3.89. The van der Waals surface area contributed by atoms with E-state index in [2.05, 4.69) is 32.9 Å². The first-order chi connectivity index (χ1) is 13.0. The highest BCUT2D eigenvalue weighted by Gasteiger charge is 2.37. The van der Waals surface area contributed by atoms with Gasteiger partial charge < -0.3 is 10.1 Å². The van der Waals surface area contributed by atoms with E-state index in [1.807, 2.05) is 42.5 Å². The fourth-order valence-electron chi connectivity index (χ4n) is 2.50. The second-order valence-corrected chi connectivity index (χ2v) is 8.27. The number of carbonyl (C=O) groups excluding carboxylic acids is 2. The Bertz CT molecular complexity index is 886. The Balaban J connectivity index is 1.67. The number of methoxy groups -OCH3 is 1. The Kier molecular flexibility index (Phi) is 6.38. The first-order valence-corrected chi connectivity index (χ1v) is 10.1. The Morgan fingerprint density at radius 3 is 2.74 bits per heavy atom. The van der Waals surface area contributed by atoms with Crippen LogP contribution < -0.4 is 10.1 Å². The molecular formula is C19H18IN3O3S. The largest absolute Gasteiger partial charge is 0.497 e. The van der Waals surface area contributed by atoms with Crippen molar-refractivity contribution in [3.63, 3.8) is 0 Å². The van der Waals surface area contributed by atoms with Crippen molar-refractivity contribution in [1.82, 2.24) is 4.90 Å². The van der Waals surface area contributed by atoms with Gasteiger partial charge in [0.25, 0.3) is 0 Å². The predicted molar refractivity (Wildman–Crippen MR) is 117 cm³/mol. The number of anilines is 1. The van der Waals surface area contributed by atoms with Crippen molar-refractivity contribution in [3.05, 3.63) is 52.1 Å². The van der Waals surface area contributed by atoms with Crippen molar-refractivity contribution in [3.8, 4) is 5.75 Å². The standard InChI is InChI=1S/C19H18IN3O3S/c1-23-18(25)16(11-17(24)21-13-8-6-12(20)7-9-13)27-19(23)22-14-4-3-5-15(10-14)26-2/h3-10,16H,11H2,1-2H3,(H,21,24)/t16-/m1/s1. The maximum absolute atomic E-state index is 12.5. The minimum absolute atomic E-state index is 0.0942. The molecule has 1 aliphatic heterocycles. The molecule has 1 heterocycles. The monoisotopic (exact) mass is 495 g/mol. The van der Waals surface area contributed by atoms with E-state index in [1.165, 1.54) is 16.7 Å². The summed E-state index contributed by atoms with van der Waals surface area (Å²) in [5.74, 6) is 0.375. The van der Waals surface area contributed by atoms with Crippen LogP contribution >= 0.6 is 34.4 Å². The zero-order valence-corrected chi connectivity index (χ0v) is 17.8. The van der Waals surface area contributed by atoms with E-state index >= 15 is 0 Å². The number of amides is 2. The van der Waals surface area contributed by atoms with E-state index in [4.69, 9.17) is 4.74 Å². The molecule has 0 saturated carbocycles. The molecule has 0 aliphatic carbocycles. The van der Waals surface area contributed by atoms with E-state index in [1.54, 1.807) is 20.2 Å². The summed E-state index contributed by atoms with van der Waals surface area (Å²) < 4.78 is 6.28. The number of hydrogen-bond donors (Lipinski definition) is 1. The second-order valence-electron chi connectivity index (χ2n) is 5.86. The summed E-state index contributed by atoms with van der Waals surface area (Å²) in [5.41, 5.74) is 1.41. The lowest BCUT2D eigenvalue weighted by Crippen LogP contribution is -2.30. The fourth-order valence-corrected chi connectivity index (χ4v) is 4.02. The summed E-state index contributed by atoms with van der Waals surface area (Å²) >= 11 is 3.50. The maximum atomic E-state index is 12.5. The Morgan fingerprint density at radius 1 is 1.30 bits per heavy atom. The number of hydrogen-bond acceptors (Lipinski definition) is 5. The molecule has 27 heavy (non-hydrogen) atoms. The highest BCUT2D eigenvalue weighted by molar-refractivity contribution is 14.1. The molecule has 0 bridgehead atoms. The van der Waals surface area contributed by atoms with Crippen LogP contribution in [0.2, 0.25) is 0 Å². The molecule has 8 heteroatoms. The zero-order valence-electron chi connectivity index (χ0n) is 14.8. The molecule has 0 spiro atoms. The quantitative estimate of drug-likeness (QED) is 0.640. The summed E-state index contributed by atoms with van der Waals surface area (Å²) in [6.07, 6.45) is 0.0942. The Labute approximate surface area is 175 Å². The fraction of sp³-hybridized carbons (Fsp3) is 0.211. The number of halogens is 1. The minimum Gasteiger partial charge on any atom is -0.497 e. The number of rotatable bonds is 5. The van der Waals surface area contributed by atoms with Crippen LogP contribution in [0.25, 0.3) is 0 Å². The van der Waals surface area contributed by atoms with Gasteiger partial charge in [-0.25, -0.2) is 4.99 Å². The second kappa shape index (κ2) is 8.75. The molecule has 2 aromatic rings. The first kappa shape index (κ1) is 19.7. The van der Waals surface area contributed by atoms with Gasteiger partial charge in [-0.05, 0) is 59.0 Å². The summed E-state index contributed by atoms with van der Waals surface area (Å²) in [6, 6.07) is 14.8. The number of nitrogens with zero attached hydrogens (tertiary/aromatic N) is 2. The smallest absolute Gasteiger partial charge is 0.242 e. The van der Waals surface area contributed by atoms with Crippen LogP contribution in [-0.4, -0.2) is 41.3 Å². The molecule has 1 saturated heterocycles. The molecule has 3 rings (SSSR count). The summed E-state index contributed by atoms with van der Waals surface area (Å²) in [6.45, 7) is 0. The van der Waals surface area contributed by atoms with E-state index in [-0.39, 0.29) is 18.2 Å². The van der Waals surface area contributed by atoms with Crippen LogP contribution in [0, 0.1) is 3.57 Å². The van der Waals surface area contributed by atoms with Gasteiger partial charge in [-0.2, -0.15) is 0 Å². The third kappa shape index (κ3) is 5.01. The summed E-state index contributed by atoms with van der Waals surface area (Å²) in [4.78, 5) is 30.8. The van der Waals surface area contributed by atoms with Gasteiger partial charge in [-0.1, -0.05) is 17.8 Å². The highest BCUT2D eigenvalue weighted by Crippen LogP contribution is 2.31. The molecule has 0 unspecified atom stereocenters. The van der Waals surface area contributed by atoms with Crippen LogP contribution in [0.4, 0.5) is 11.4 Å². The average molecular weight is 495 g/mol. The number of ether oxygens (including phenoxy) is 1. The van der Waals surface area contributed by atoms with Crippen LogP contribution in [0.1, 0.15) is 6.42 Å². The van der Waals surface area contributed by atoms with Crippen molar-refractivity contribution in [2.24, 2.45) is 4.99 Å². The minimum atomic E-state index is -0.483. The van der Waals surface area contributed by atoms with E-state index in [0.29, 0.717) is 16.6 Å². The molecule has 6 nitrogen and oxygen atoms in total. The number of thioether (sulfide) groups is 1. The van der Waals surface area contributed by atoms with Crippen LogP contribution in [0.5, 0.6) is 5.75 Å². The summed E-state index contributed by atoms with van der Waals surface area (Å²) in [7, 11) is 3.26. The first-order valence-electron chi connectivity index (χ1n) is 8.18. The average Bonchev–Trinajstić information content (AvgIpc) is 2.91. The molecule has 0 radical (unpaired) electrons. The molecule has 0 aromatic heterocycles. The van der Waals surface area contributed by atoms with Crippen molar-refractivity contribution >= 4 is 62.7 Å². The van der Waals surface area contributed by atoms with Gasteiger partial charge in [-0.15, -0.1) is 0 Å². The number of amidine groups is 1. The van der Waals surface area contributed by atoms with Crippen molar-refractivity contribution in [1.29, 1.82) is 0 Å². The van der Waals surface area contributed by atoms with E-state index < -0.39 is 5.25 Å². The number of benzene rings is 2. The normalized spacial score (nSPS) is 18.0. The van der Waals surface area contributed by atoms with Gasteiger partial charge in [-0.3, -0.25) is 14.5 Å². The summed E-state index contributed by atoms with van der Waals surface area (Å²) in [5, 5.41) is 2.91. The third-order valence-electron chi connectivity index (χ3n) is 3.92. The highest BCUT2D eigenvalue weighted by atomic mass is 127. The Hall–Kier alpha value is -2.07.